The van der Waals surface area contributed by atoms with E-state index in [1.165, 1.54) is 10.5 Å². The molecule has 1 aromatic heterocycles. The summed E-state index contributed by atoms with van der Waals surface area (Å²) in [7, 11) is 2.05. The number of aryl methyl sites for hydroxylation is 1. The minimum Gasteiger partial charge on any atom is -0.338 e. The SMILES string of the molecule is CCNC(Cc1nccn1C)c1ccccc1SC. The summed E-state index contributed by atoms with van der Waals surface area (Å²) < 4.78 is 2.09. The molecule has 2 aromatic rings. The minimum absolute atomic E-state index is 0.315. The molecule has 3 nitrogen and oxygen atoms in total. The van der Waals surface area contributed by atoms with Crippen molar-refractivity contribution < 1.29 is 0 Å². The van der Waals surface area contributed by atoms with Gasteiger partial charge in [-0.3, -0.25) is 0 Å². The Balaban J connectivity index is 2.27. The van der Waals surface area contributed by atoms with Crippen molar-refractivity contribution in [3.05, 3.63) is 48.0 Å². The van der Waals surface area contributed by atoms with Crippen molar-refractivity contribution in [3.63, 3.8) is 0 Å². The summed E-state index contributed by atoms with van der Waals surface area (Å²) in [5, 5.41) is 3.57. The normalized spacial score (nSPS) is 12.6. The molecule has 4 heteroatoms. The van der Waals surface area contributed by atoms with E-state index in [9.17, 15) is 0 Å². The summed E-state index contributed by atoms with van der Waals surface area (Å²) in [6, 6.07) is 8.91. The van der Waals surface area contributed by atoms with Gasteiger partial charge < -0.3 is 9.88 Å². The highest BCUT2D eigenvalue weighted by molar-refractivity contribution is 7.98. The van der Waals surface area contributed by atoms with Crippen LogP contribution in [0.5, 0.6) is 0 Å². The summed E-state index contributed by atoms with van der Waals surface area (Å²) in [4.78, 5) is 5.77. The van der Waals surface area contributed by atoms with Gasteiger partial charge in [-0.1, -0.05) is 25.1 Å². The van der Waals surface area contributed by atoms with Gasteiger partial charge in [0.25, 0.3) is 0 Å². The van der Waals surface area contributed by atoms with Crippen LogP contribution in [-0.2, 0) is 13.5 Å². The van der Waals surface area contributed by atoms with Crippen LogP contribution in [0.3, 0.4) is 0 Å². The first-order chi connectivity index (χ1) is 9.26. The molecule has 1 atom stereocenters. The molecule has 0 radical (unpaired) electrons. The van der Waals surface area contributed by atoms with Crippen LogP contribution >= 0.6 is 11.8 Å². The standard InChI is InChI=1S/C15H21N3S/c1-4-16-13(11-15-17-9-10-18(15)2)12-7-5-6-8-14(12)19-3/h5-10,13,16H,4,11H2,1-3H3. The van der Waals surface area contributed by atoms with Gasteiger partial charge in [0.15, 0.2) is 0 Å². The van der Waals surface area contributed by atoms with E-state index in [0.717, 1.165) is 18.8 Å². The number of nitrogens with one attached hydrogen (secondary N) is 1. The zero-order chi connectivity index (χ0) is 13.7. The Bertz CT molecular complexity index is 522. The van der Waals surface area contributed by atoms with E-state index in [1.807, 2.05) is 19.4 Å². The van der Waals surface area contributed by atoms with E-state index < -0.39 is 0 Å². The van der Waals surface area contributed by atoms with E-state index in [2.05, 4.69) is 52.3 Å². The number of rotatable bonds is 6. The lowest BCUT2D eigenvalue weighted by Crippen LogP contribution is -2.24. The van der Waals surface area contributed by atoms with Crippen LogP contribution in [0, 0.1) is 0 Å². The van der Waals surface area contributed by atoms with Crippen LogP contribution in [0.1, 0.15) is 24.4 Å². The Morgan fingerprint density at radius 1 is 1.37 bits per heavy atom. The van der Waals surface area contributed by atoms with Crippen molar-refractivity contribution in [1.29, 1.82) is 0 Å². The van der Waals surface area contributed by atoms with Gasteiger partial charge in [-0.25, -0.2) is 4.98 Å². The van der Waals surface area contributed by atoms with E-state index in [1.54, 1.807) is 11.8 Å². The molecule has 0 aliphatic carbocycles. The lowest BCUT2D eigenvalue weighted by Gasteiger charge is -2.20. The number of likely N-dealkylation sites (N-methyl/N-ethyl adjacent to an activating group) is 1. The lowest BCUT2D eigenvalue weighted by atomic mass is 10.0. The summed E-state index contributed by atoms with van der Waals surface area (Å²) >= 11 is 1.80. The number of benzene rings is 1. The topological polar surface area (TPSA) is 29.9 Å². The fraction of sp³-hybridized carbons (Fsp3) is 0.400. The van der Waals surface area contributed by atoms with Crippen molar-refractivity contribution in [2.24, 2.45) is 7.05 Å². The van der Waals surface area contributed by atoms with Crippen LogP contribution in [-0.4, -0.2) is 22.4 Å². The first kappa shape index (κ1) is 14.2. The van der Waals surface area contributed by atoms with Gasteiger partial charge in [0.1, 0.15) is 5.82 Å². The van der Waals surface area contributed by atoms with E-state index in [4.69, 9.17) is 0 Å². The van der Waals surface area contributed by atoms with Gasteiger partial charge >= 0.3 is 0 Å². The highest BCUT2D eigenvalue weighted by Crippen LogP contribution is 2.27. The summed E-state index contributed by atoms with van der Waals surface area (Å²) in [5.74, 6) is 1.11. The van der Waals surface area contributed by atoms with Gasteiger partial charge in [0.2, 0.25) is 0 Å². The van der Waals surface area contributed by atoms with Gasteiger partial charge in [-0.15, -0.1) is 11.8 Å². The number of hydrogen-bond donors (Lipinski definition) is 1. The van der Waals surface area contributed by atoms with Gasteiger partial charge in [-0.2, -0.15) is 0 Å². The molecule has 0 bridgehead atoms. The molecule has 19 heavy (non-hydrogen) atoms. The predicted octanol–water partition coefficient (Wildman–Crippen LogP) is 3.04. The highest BCUT2D eigenvalue weighted by Gasteiger charge is 2.16. The molecule has 0 amide bonds. The minimum atomic E-state index is 0.315. The molecule has 0 aliphatic heterocycles. The second-order valence-corrected chi connectivity index (χ2v) is 5.36. The smallest absolute Gasteiger partial charge is 0.110 e. The number of hydrogen-bond acceptors (Lipinski definition) is 3. The molecule has 102 valence electrons. The molecule has 2 rings (SSSR count). The second kappa shape index (κ2) is 6.78. The van der Waals surface area contributed by atoms with Gasteiger partial charge in [-0.05, 0) is 24.4 Å². The van der Waals surface area contributed by atoms with Crippen molar-refractivity contribution in [2.75, 3.05) is 12.8 Å². The first-order valence-corrected chi connectivity index (χ1v) is 7.81. The Morgan fingerprint density at radius 2 is 2.16 bits per heavy atom. The molecule has 0 saturated heterocycles. The van der Waals surface area contributed by atoms with Crippen LogP contribution in [0.15, 0.2) is 41.6 Å². The Hall–Kier alpha value is -1.26. The second-order valence-electron chi connectivity index (χ2n) is 4.51. The third kappa shape index (κ3) is 3.39. The first-order valence-electron chi connectivity index (χ1n) is 6.58. The van der Waals surface area contributed by atoms with Crippen LogP contribution in [0.25, 0.3) is 0 Å². The molecule has 0 spiro atoms. The molecule has 1 unspecified atom stereocenters. The third-order valence-corrected chi connectivity index (χ3v) is 4.08. The zero-order valence-corrected chi connectivity index (χ0v) is 12.6. The number of nitrogens with zero attached hydrogens (tertiary/aromatic N) is 2. The van der Waals surface area contributed by atoms with Crippen molar-refractivity contribution in [2.45, 2.75) is 24.3 Å². The molecule has 0 fully saturated rings. The maximum atomic E-state index is 4.43. The number of thioether (sulfide) groups is 1. The number of aromatic nitrogens is 2. The van der Waals surface area contributed by atoms with E-state index >= 15 is 0 Å². The zero-order valence-electron chi connectivity index (χ0n) is 11.8. The summed E-state index contributed by atoms with van der Waals surface area (Å²) in [5.41, 5.74) is 1.36. The molecule has 1 heterocycles. The van der Waals surface area contributed by atoms with Crippen LogP contribution in [0.2, 0.25) is 0 Å². The third-order valence-electron chi connectivity index (χ3n) is 3.27. The summed E-state index contributed by atoms with van der Waals surface area (Å²) in [6.45, 7) is 3.10. The average molecular weight is 275 g/mol. The lowest BCUT2D eigenvalue weighted by molar-refractivity contribution is 0.522. The maximum absolute atomic E-state index is 4.43. The summed E-state index contributed by atoms with van der Waals surface area (Å²) in [6.07, 6.45) is 6.90. The van der Waals surface area contributed by atoms with Crippen molar-refractivity contribution >= 4 is 11.8 Å². The molecule has 1 aromatic carbocycles. The quantitative estimate of drug-likeness (QED) is 0.822. The van der Waals surface area contributed by atoms with Crippen LogP contribution < -0.4 is 5.32 Å². The van der Waals surface area contributed by atoms with Crippen molar-refractivity contribution in [3.8, 4) is 0 Å². The van der Waals surface area contributed by atoms with Crippen molar-refractivity contribution in [1.82, 2.24) is 14.9 Å². The fourth-order valence-corrected chi connectivity index (χ4v) is 2.93. The molecular formula is C15H21N3S. The van der Waals surface area contributed by atoms with E-state index in [0.29, 0.717) is 6.04 Å². The number of imidazole rings is 1. The largest absolute Gasteiger partial charge is 0.338 e. The maximum Gasteiger partial charge on any atom is 0.110 e. The highest BCUT2D eigenvalue weighted by atomic mass is 32.2. The predicted molar refractivity (Wildman–Crippen MR) is 81.6 cm³/mol. The monoisotopic (exact) mass is 275 g/mol. The van der Waals surface area contributed by atoms with Crippen LogP contribution in [0.4, 0.5) is 0 Å². The molecule has 1 N–H and O–H groups in total. The molecule has 0 saturated carbocycles. The van der Waals surface area contributed by atoms with Gasteiger partial charge in [0.05, 0.1) is 0 Å². The Kier molecular flexibility index (Phi) is 5.05. The molecule has 0 aliphatic rings. The Morgan fingerprint density at radius 3 is 2.79 bits per heavy atom. The fourth-order valence-electron chi connectivity index (χ4n) is 2.27. The van der Waals surface area contributed by atoms with Gasteiger partial charge in [0, 0.05) is 36.8 Å². The van der Waals surface area contributed by atoms with E-state index in [-0.39, 0.29) is 0 Å². The average Bonchev–Trinajstić information content (AvgIpc) is 2.84. The molecular weight excluding hydrogens is 254 g/mol. The Labute approximate surface area is 119 Å².